The molecule has 26 heavy (non-hydrogen) atoms. The van der Waals surface area contributed by atoms with Gasteiger partial charge in [-0.05, 0) is 25.0 Å². The van der Waals surface area contributed by atoms with E-state index < -0.39 is 0 Å². The number of benzene rings is 1. The fourth-order valence-corrected chi connectivity index (χ4v) is 2.68. The third-order valence-electron chi connectivity index (χ3n) is 3.98. The van der Waals surface area contributed by atoms with Gasteiger partial charge in [0.2, 0.25) is 11.7 Å². The van der Waals surface area contributed by atoms with Crippen molar-refractivity contribution in [2.75, 3.05) is 13.1 Å². The number of hydrogen-bond acceptors (Lipinski definition) is 5. The molecule has 136 valence electrons. The second kappa shape index (κ2) is 7.99. The molecular formula is C20H23N3O3. The Bertz CT molecular complexity index is 836. The van der Waals surface area contributed by atoms with Crippen LogP contribution in [0.1, 0.15) is 35.9 Å². The van der Waals surface area contributed by atoms with Crippen molar-refractivity contribution in [3.63, 3.8) is 0 Å². The van der Waals surface area contributed by atoms with Gasteiger partial charge >= 0.3 is 0 Å². The Morgan fingerprint density at radius 2 is 1.96 bits per heavy atom. The normalized spacial score (nSPS) is 11.1. The van der Waals surface area contributed by atoms with Gasteiger partial charge in [0.25, 0.3) is 5.91 Å². The molecule has 2 aromatic heterocycles. The van der Waals surface area contributed by atoms with E-state index in [4.69, 9.17) is 8.94 Å². The van der Waals surface area contributed by atoms with Crippen LogP contribution in [-0.4, -0.2) is 34.0 Å². The number of aryl methyl sites for hydroxylation is 1. The smallest absolute Gasteiger partial charge is 0.289 e. The van der Waals surface area contributed by atoms with Crippen molar-refractivity contribution >= 4 is 5.91 Å². The first-order valence-electron chi connectivity index (χ1n) is 8.75. The van der Waals surface area contributed by atoms with Crippen molar-refractivity contribution in [2.45, 2.75) is 27.2 Å². The fraction of sp³-hybridized carbons (Fsp3) is 0.350. The average Bonchev–Trinajstić information content (AvgIpc) is 3.30. The minimum Gasteiger partial charge on any atom is -0.459 e. The van der Waals surface area contributed by atoms with Crippen molar-refractivity contribution in [1.29, 1.82) is 0 Å². The van der Waals surface area contributed by atoms with Crippen LogP contribution in [-0.2, 0) is 6.42 Å². The predicted molar refractivity (Wildman–Crippen MR) is 97.6 cm³/mol. The van der Waals surface area contributed by atoms with Crippen LogP contribution in [0.2, 0.25) is 0 Å². The van der Waals surface area contributed by atoms with E-state index in [0.717, 1.165) is 5.56 Å². The Labute approximate surface area is 152 Å². The number of rotatable bonds is 7. The summed E-state index contributed by atoms with van der Waals surface area (Å²) in [5.74, 6) is 1.65. The van der Waals surface area contributed by atoms with Crippen molar-refractivity contribution in [3.8, 4) is 11.4 Å². The number of carbonyl (C=O) groups excluding carboxylic acids is 1. The van der Waals surface area contributed by atoms with Crippen LogP contribution in [0.5, 0.6) is 0 Å². The van der Waals surface area contributed by atoms with E-state index in [-0.39, 0.29) is 5.91 Å². The molecular weight excluding hydrogens is 330 g/mol. The lowest BCUT2D eigenvalue weighted by molar-refractivity contribution is 0.0702. The molecule has 0 radical (unpaired) electrons. The van der Waals surface area contributed by atoms with Gasteiger partial charge in [-0.3, -0.25) is 4.79 Å². The summed E-state index contributed by atoms with van der Waals surface area (Å²) in [5, 5.41) is 4.04. The number of amides is 1. The number of hydrogen-bond donors (Lipinski definition) is 0. The molecule has 0 unspecified atom stereocenters. The van der Waals surface area contributed by atoms with E-state index in [2.05, 4.69) is 24.0 Å². The monoisotopic (exact) mass is 353 g/mol. The van der Waals surface area contributed by atoms with Crippen molar-refractivity contribution in [2.24, 2.45) is 5.92 Å². The van der Waals surface area contributed by atoms with Gasteiger partial charge in [0.05, 0.1) is 6.26 Å². The van der Waals surface area contributed by atoms with Crippen LogP contribution in [0.25, 0.3) is 11.4 Å². The maximum Gasteiger partial charge on any atom is 0.289 e. The highest BCUT2D eigenvalue weighted by atomic mass is 16.5. The molecule has 2 heterocycles. The summed E-state index contributed by atoms with van der Waals surface area (Å²) >= 11 is 0. The van der Waals surface area contributed by atoms with E-state index >= 15 is 0 Å². The predicted octanol–water partition coefficient (Wildman–Crippen LogP) is 3.98. The molecule has 0 aliphatic rings. The lowest BCUT2D eigenvalue weighted by Crippen LogP contribution is -2.35. The molecule has 0 saturated heterocycles. The topological polar surface area (TPSA) is 72.4 Å². The van der Waals surface area contributed by atoms with Gasteiger partial charge < -0.3 is 13.8 Å². The molecule has 6 nitrogen and oxygen atoms in total. The standard InChI is InChI=1S/C20H23N3O3/c1-14(2)13-23(20(24)17-5-4-12-25-17)11-10-18-21-19(22-26-18)16-8-6-15(3)7-9-16/h4-9,12,14H,10-11,13H2,1-3H3. The highest BCUT2D eigenvalue weighted by Crippen LogP contribution is 2.17. The van der Waals surface area contributed by atoms with Gasteiger partial charge in [0.1, 0.15) is 0 Å². The number of furan rings is 1. The molecule has 1 aromatic carbocycles. The Morgan fingerprint density at radius 3 is 2.62 bits per heavy atom. The maximum absolute atomic E-state index is 12.6. The summed E-state index contributed by atoms with van der Waals surface area (Å²) < 4.78 is 10.6. The quantitative estimate of drug-likeness (QED) is 0.642. The molecule has 0 atom stereocenters. The van der Waals surface area contributed by atoms with E-state index in [1.807, 2.05) is 31.2 Å². The second-order valence-corrected chi connectivity index (χ2v) is 6.75. The zero-order valence-electron chi connectivity index (χ0n) is 15.3. The van der Waals surface area contributed by atoms with Gasteiger partial charge in [-0.15, -0.1) is 0 Å². The van der Waals surface area contributed by atoms with Gasteiger partial charge in [-0.1, -0.05) is 48.8 Å². The molecule has 0 bridgehead atoms. The molecule has 0 aliphatic carbocycles. The molecule has 1 amide bonds. The Kier molecular flexibility index (Phi) is 5.51. The minimum atomic E-state index is -0.123. The summed E-state index contributed by atoms with van der Waals surface area (Å²) in [6, 6.07) is 11.4. The van der Waals surface area contributed by atoms with Gasteiger partial charge in [0.15, 0.2) is 5.76 Å². The first-order valence-corrected chi connectivity index (χ1v) is 8.75. The molecule has 3 aromatic rings. The van der Waals surface area contributed by atoms with Gasteiger partial charge in [0, 0.05) is 25.1 Å². The number of nitrogens with zero attached hydrogens (tertiary/aromatic N) is 3. The first kappa shape index (κ1) is 17.9. The van der Waals surface area contributed by atoms with Crippen LogP contribution >= 0.6 is 0 Å². The largest absolute Gasteiger partial charge is 0.459 e. The van der Waals surface area contributed by atoms with E-state index in [9.17, 15) is 4.79 Å². The van der Waals surface area contributed by atoms with Crippen molar-refractivity contribution in [1.82, 2.24) is 15.0 Å². The lowest BCUT2D eigenvalue weighted by atomic mass is 10.1. The van der Waals surface area contributed by atoms with E-state index in [1.165, 1.54) is 11.8 Å². The Morgan fingerprint density at radius 1 is 1.19 bits per heavy atom. The van der Waals surface area contributed by atoms with E-state index in [1.54, 1.807) is 17.0 Å². The van der Waals surface area contributed by atoms with Crippen LogP contribution < -0.4 is 0 Å². The number of carbonyl (C=O) groups is 1. The lowest BCUT2D eigenvalue weighted by Gasteiger charge is -2.22. The zero-order valence-corrected chi connectivity index (χ0v) is 15.3. The third-order valence-corrected chi connectivity index (χ3v) is 3.98. The molecule has 0 N–H and O–H groups in total. The number of aromatic nitrogens is 2. The summed E-state index contributed by atoms with van der Waals surface area (Å²) in [5.41, 5.74) is 2.09. The molecule has 0 saturated carbocycles. The van der Waals surface area contributed by atoms with Crippen LogP contribution in [0.3, 0.4) is 0 Å². The Balaban J connectivity index is 1.67. The molecule has 0 aliphatic heterocycles. The van der Waals surface area contributed by atoms with Crippen LogP contribution in [0.15, 0.2) is 51.6 Å². The van der Waals surface area contributed by atoms with Crippen LogP contribution in [0.4, 0.5) is 0 Å². The highest BCUT2D eigenvalue weighted by Gasteiger charge is 2.20. The SMILES string of the molecule is Cc1ccc(-c2noc(CCN(CC(C)C)C(=O)c3ccco3)n2)cc1. The molecule has 0 fully saturated rings. The summed E-state index contributed by atoms with van der Waals surface area (Å²) in [7, 11) is 0. The molecule has 0 spiro atoms. The highest BCUT2D eigenvalue weighted by molar-refractivity contribution is 5.91. The molecule has 3 rings (SSSR count). The fourth-order valence-electron chi connectivity index (χ4n) is 2.68. The minimum absolute atomic E-state index is 0.123. The average molecular weight is 353 g/mol. The summed E-state index contributed by atoms with van der Waals surface area (Å²) in [6.07, 6.45) is 2.00. The zero-order chi connectivity index (χ0) is 18.5. The van der Waals surface area contributed by atoms with Crippen molar-refractivity contribution in [3.05, 3.63) is 59.9 Å². The molecule has 6 heteroatoms. The summed E-state index contributed by atoms with van der Waals surface area (Å²) in [4.78, 5) is 18.8. The van der Waals surface area contributed by atoms with Crippen LogP contribution in [0, 0.1) is 12.8 Å². The maximum atomic E-state index is 12.6. The van der Waals surface area contributed by atoms with E-state index in [0.29, 0.717) is 42.9 Å². The third kappa shape index (κ3) is 4.39. The van der Waals surface area contributed by atoms with Gasteiger partial charge in [-0.25, -0.2) is 0 Å². The van der Waals surface area contributed by atoms with Crippen molar-refractivity contribution < 1.29 is 13.7 Å². The summed E-state index contributed by atoms with van der Waals surface area (Å²) in [6.45, 7) is 7.31. The Hall–Kier alpha value is -2.89. The second-order valence-electron chi connectivity index (χ2n) is 6.75. The first-order chi connectivity index (χ1) is 12.5. The van der Waals surface area contributed by atoms with Gasteiger partial charge in [-0.2, -0.15) is 4.98 Å².